The molecule has 2 heterocycles. The zero-order chi connectivity index (χ0) is 20.5. The van der Waals surface area contributed by atoms with Crippen LogP contribution in [0.5, 0.6) is 0 Å². The van der Waals surface area contributed by atoms with Gasteiger partial charge in [-0.25, -0.2) is 19.2 Å². The molecule has 0 saturated heterocycles. The smallest absolute Gasteiger partial charge is 0.280 e. The van der Waals surface area contributed by atoms with Gasteiger partial charge < -0.3 is 0 Å². The highest BCUT2D eigenvalue weighted by Gasteiger charge is 2.18. The molecule has 0 aliphatic rings. The van der Waals surface area contributed by atoms with Gasteiger partial charge in [0.15, 0.2) is 11.5 Å². The maximum atomic E-state index is 14.1. The van der Waals surface area contributed by atoms with Gasteiger partial charge in [-0.3, -0.25) is 13.9 Å². The van der Waals surface area contributed by atoms with Gasteiger partial charge in [0, 0.05) is 25.4 Å². The van der Waals surface area contributed by atoms with E-state index in [1.807, 2.05) is 30.3 Å². The van der Waals surface area contributed by atoms with Gasteiger partial charge in [-0.15, -0.1) is 11.8 Å². The number of aryl methyl sites for hydroxylation is 1. The maximum absolute atomic E-state index is 14.1. The van der Waals surface area contributed by atoms with Crippen LogP contribution in [0.4, 0.5) is 4.39 Å². The van der Waals surface area contributed by atoms with Gasteiger partial charge in [0.25, 0.3) is 5.56 Å². The first kappa shape index (κ1) is 19.1. The molecule has 0 bridgehead atoms. The third kappa shape index (κ3) is 3.47. The summed E-state index contributed by atoms with van der Waals surface area (Å²) in [5.41, 5.74) is 0.578. The lowest BCUT2D eigenvalue weighted by Crippen LogP contribution is -2.37. The summed E-state index contributed by atoms with van der Waals surface area (Å²) >= 11 is 1.24. The molecule has 0 spiro atoms. The number of thioether (sulfide) groups is 1. The van der Waals surface area contributed by atoms with E-state index in [1.165, 1.54) is 29.4 Å². The Morgan fingerprint density at radius 2 is 1.62 bits per heavy atom. The molecule has 2 aromatic heterocycles. The maximum Gasteiger partial charge on any atom is 0.332 e. The minimum Gasteiger partial charge on any atom is -0.280 e. The molecular formula is C21H17FN4O2S. The fourth-order valence-electron chi connectivity index (χ4n) is 3.01. The second kappa shape index (κ2) is 7.63. The summed E-state index contributed by atoms with van der Waals surface area (Å²) in [6, 6.07) is 15.8. The predicted molar refractivity (Wildman–Crippen MR) is 111 cm³/mol. The van der Waals surface area contributed by atoms with Crippen molar-refractivity contribution in [3.05, 3.63) is 86.8 Å². The van der Waals surface area contributed by atoms with Crippen LogP contribution < -0.4 is 11.2 Å². The molecule has 0 fully saturated rings. The highest BCUT2D eigenvalue weighted by atomic mass is 32.2. The van der Waals surface area contributed by atoms with Gasteiger partial charge in [-0.05, 0) is 11.6 Å². The summed E-state index contributed by atoms with van der Waals surface area (Å²) in [6.45, 7) is 0. The van der Waals surface area contributed by atoms with Crippen molar-refractivity contribution in [2.45, 2.75) is 10.8 Å². The van der Waals surface area contributed by atoms with E-state index in [0.717, 1.165) is 10.1 Å². The Balaban J connectivity index is 1.94. The lowest BCUT2D eigenvalue weighted by Gasteiger charge is -2.12. The molecule has 0 amide bonds. The van der Waals surface area contributed by atoms with Crippen LogP contribution in [0.15, 0.2) is 69.2 Å². The Bertz CT molecular complexity index is 1330. The minimum atomic E-state index is -0.473. The normalized spacial score (nSPS) is 11.1. The molecule has 146 valence electrons. The largest absolute Gasteiger partial charge is 0.332 e. The minimum absolute atomic E-state index is 0.246. The summed E-state index contributed by atoms with van der Waals surface area (Å²) in [5.74, 6) is 0.373. The van der Waals surface area contributed by atoms with Gasteiger partial charge in [-0.1, -0.05) is 48.5 Å². The Morgan fingerprint density at radius 3 is 2.34 bits per heavy atom. The van der Waals surface area contributed by atoms with Crippen molar-refractivity contribution < 1.29 is 4.39 Å². The molecule has 0 unspecified atom stereocenters. The first-order chi connectivity index (χ1) is 14.0. The highest BCUT2D eigenvalue weighted by molar-refractivity contribution is 7.98. The Morgan fingerprint density at radius 1 is 0.931 bits per heavy atom. The first-order valence-corrected chi connectivity index (χ1v) is 9.85. The number of aromatic nitrogens is 4. The lowest BCUT2D eigenvalue weighted by atomic mass is 10.2. The molecule has 0 aliphatic heterocycles. The van der Waals surface area contributed by atoms with Gasteiger partial charge in [0.05, 0.1) is 0 Å². The van der Waals surface area contributed by atoms with E-state index in [-0.39, 0.29) is 16.9 Å². The average molecular weight is 408 g/mol. The van der Waals surface area contributed by atoms with E-state index in [2.05, 4.69) is 9.97 Å². The van der Waals surface area contributed by atoms with Crippen LogP contribution in [0.1, 0.15) is 5.56 Å². The third-order valence-electron chi connectivity index (χ3n) is 4.62. The Kier molecular flexibility index (Phi) is 5.02. The molecule has 0 atom stereocenters. The molecule has 2 aromatic carbocycles. The summed E-state index contributed by atoms with van der Waals surface area (Å²) in [5, 5.41) is 0.656. The number of fused-ring (bicyclic) bond motifs is 1. The van der Waals surface area contributed by atoms with Crippen molar-refractivity contribution in [1.29, 1.82) is 0 Å². The van der Waals surface area contributed by atoms with Crippen LogP contribution in [0.25, 0.3) is 22.4 Å². The van der Waals surface area contributed by atoms with Crippen molar-refractivity contribution in [3.8, 4) is 11.4 Å². The first-order valence-electron chi connectivity index (χ1n) is 8.86. The van der Waals surface area contributed by atoms with Crippen LogP contribution in [0.2, 0.25) is 0 Å². The van der Waals surface area contributed by atoms with Gasteiger partial charge in [0.2, 0.25) is 0 Å². The van der Waals surface area contributed by atoms with Crippen molar-refractivity contribution in [1.82, 2.24) is 19.1 Å². The summed E-state index contributed by atoms with van der Waals surface area (Å²) in [4.78, 5) is 34.3. The van der Waals surface area contributed by atoms with Crippen LogP contribution in [0.3, 0.4) is 0 Å². The van der Waals surface area contributed by atoms with E-state index in [9.17, 15) is 14.0 Å². The average Bonchev–Trinajstić information content (AvgIpc) is 2.75. The molecule has 0 N–H and O–H groups in total. The second-order valence-corrected chi connectivity index (χ2v) is 7.47. The molecule has 4 rings (SSSR count). The zero-order valence-corrected chi connectivity index (χ0v) is 16.6. The van der Waals surface area contributed by atoms with Gasteiger partial charge >= 0.3 is 5.69 Å². The van der Waals surface area contributed by atoms with E-state index in [0.29, 0.717) is 22.2 Å². The third-order valence-corrected chi connectivity index (χ3v) is 5.65. The van der Waals surface area contributed by atoms with Crippen LogP contribution >= 0.6 is 11.8 Å². The van der Waals surface area contributed by atoms with Crippen LogP contribution in [0, 0.1) is 5.82 Å². The standard InChI is InChI=1S/C21H17FN4O2S/c1-25-18-16(20(27)26(2)21(25)28)19(29-12-14-10-6-7-11-15(14)22)24-17(23-18)13-8-4-3-5-9-13/h3-11H,12H2,1-2H3. The topological polar surface area (TPSA) is 69.8 Å². The number of benzene rings is 2. The summed E-state index contributed by atoms with van der Waals surface area (Å²) < 4.78 is 16.4. The van der Waals surface area contributed by atoms with Crippen LogP contribution in [-0.4, -0.2) is 19.1 Å². The number of nitrogens with zero attached hydrogens (tertiary/aromatic N) is 4. The van der Waals surface area contributed by atoms with Crippen LogP contribution in [-0.2, 0) is 19.8 Å². The summed E-state index contributed by atoms with van der Waals surface area (Å²) in [7, 11) is 2.98. The second-order valence-electron chi connectivity index (χ2n) is 6.50. The fourth-order valence-corrected chi connectivity index (χ4v) is 4.01. The Hall–Kier alpha value is -3.26. The SMILES string of the molecule is Cn1c(=O)c2c(SCc3ccccc3F)nc(-c3ccccc3)nc2n(C)c1=O. The molecule has 0 aliphatic carbocycles. The van der Waals surface area contributed by atoms with E-state index in [4.69, 9.17) is 0 Å². The van der Waals surface area contributed by atoms with E-state index in [1.54, 1.807) is 25.2 Å². The number of hydrogen-bond donors (Lipinski definition) is 0. The van der Waals surface area contributed by atoms with E-state index >= 15 is 0 Å². The quantitative estimate of drug-likeness (QED) is 0.383. The number of rotatable bonds is 4. The monoisotopic (exact) mass is 408 g/mol. The lowest BCUT2D eigenvalue weighted by molar-refractivity contribution is 0.617. The highest BCUT2D eigenvalue weighted by Crippen LogP contribution is 2.29. The number of hydrogen-bond acceptors (Lipinski definition) is 5. The van der Waals surface area contributed by atoms with E-state index < -0.39 is 11.2 Å². The van der Waals surface area contributed by atoms with Gasteiger partial charge in [0.1, 0.15) is 16.2 Å². The molecule has 29 heavy (non-hydrogen) atoms. The van der Waals surface area contributed by atoms with Crippen molar-refractivity contribution >= 4 is 22.8 Å². The van der Waals surface area contributed by atoms with Crippen molar-refractivity contribution in [2.24, 2.45) is 14.1 Å². The molecule has 8 heteroatoms. The molecule has 4 aromatic rings. The Labute approximate surface area is 169 Å². The predicted octanol–water partition coefficient (Wildman–Crippen LogP) is 3.13. The molecule has 6 nitrogen and oxygen atoms in total. The van der Waals surface area contributed by atoms with Crippen molar-refractivity contribution in [2.75, 3.05) is 0 Å². The molecule has 0 saturated carbocycles. The molecule has 0 radical (unpaired) electrons. The van der Waals surface area contributed by atoms with Crippen molar-refractivity contribution in [3.63, 3.8) is 0 Å². The fraction of sp³-hybridized carbons (Fsp3) is 0.143. The summed E-state index contributed by atoms with van der Waals surface area (Å²) in [6.07, 6.45) is 0. The van der Waals surface area contributed by atoms with Gasteiger partial charge in [-0.2, -0.15) is 0 Å². The molecular weight excluding hydrogens is 391 g/mol. The zero-order valence-electron chi connectivity index (χ0n) is 15.8. The number of halogens is 1.